The number of rotatable bonds is 4. The van der Waals surface area contributed by atoms with Crippen molar-refractivity contribution in [1.82, 2.24) is 0 Å². The quantitative estimate of drug-likeness (QED) is 0.808. The van der Waals surface area contributed by atoms with Gasteiger partial charge in [-0.1, -0.05) is 28.1 Å². The number of ether oxygens (including phenoxy) is 1. The van der Waals surface area contributed by atoms with Crippen molar-refractivity contribution < 1.29 is 13.9 Å². The monoisotopic (exact) mass is 308 g/mol. The van der Waals surface area contributed by atoms with Crippen molar-refractivity contribution in [2.45, 2.75) is 13.5 Å². The van der Waals surface area contributed by atoms with Gasteiger partial charge in [0.15, 0.2) is 5.76 Å². The van der Waals surface area contributed by atoms with E-state index >= 15 is 0 Å². The van der Waals surface area contributed by atoms with Crippen LogP contribution in [0.15, 0.2) is 39.2 Å². The number of furan rings is 1. The van der Waals surface area contributed by atoms with Crippen molar-refractivity contribution in [3.63, 3.8) is 0 Å². The zero-order valence-electron chi connectivity index (χ0n) is 10.2. The van der Waals surface area contributed by atoms with Gasteiger partial charge in [-0.15, -0.1) is 0 Å². The Labute approximate surface area is 114 Å². The first-order valence-electron chi connectivity index (χ1n) is 5.51. The van der Waals surface area contributed by atoms with Crippen molar-refractivity contribution in [3.8, 4) is 0 Å². The van der Waals surface area contributed by atoms with E-state index in [0.717, 1.165) is 10.0 Å². The Bertz CT molecular complexity index is 572. The van der Waals surface area contributed by atoms with E-state index < -0.39 is 0 Å². The minimum Gasteiger partial charge on any atom is -0.455 e. The number of carbonyl (C=O) groups is 1. The Morgan fingerprint density at radius 1 is 1.33 bits per heavy atom. The average molecular weight is 309 g/mol. The third-order valence-electron chi connectivity index (χ3n) is 2.68. The first kappa shape index (κ1) is 13.1. The lowest BCUT2D eigenvalue weighted by Gasteiger charge is -2.04. The summed E-state index contributed by atoms with van der Waals surface area (Å²) in [5.74, 6) is 0.868. The Kier molecular flexibility index (Phi) is 3.99. The predicted molar refractivity (Wildman–Crippen MR) is 71.7 cm³/mol. The Morgan fingerprint density at radius 3 is 2.83 bits per heavy atom. The molecule has 0 spiro atoms. The molecule has 0 aliphatic carbocycles. The van der Waals surface area contributed by atoms with Crippen molar-refractivity contribution in [2.24, 2.45) is 0 Å². The van der Waals surface area contributed by atoms with Crippen LogP contribution in [0.3, 0.4) is 0 Å². The molecule has 0 fully saturated rings. The molecule has 0 radical (unpaired) electrons. The summed E-state index contributed by atoms with van der Waals surface area (Å²) in [4.78, 5) is 12.3. The lowest BCUT2D eigenvalue weighted by Crippen LogP contribution is -2.02. The minimum absolute atomic E-state index is 0.115. The van der Waals surface area contributed by atoms with E-state index in [2.05, 4.69) is 15.9 Å². The smallest absolute Gasteiger partial charge is 0.228 e. The normalized spacial score (nSPS) is 10.6. The molecule has 0 aliphatic heterocycles. The molecule has 0 unspecified atom stereocenters. The van der Waals surface area contributed by atoms with Gasteiger partial charge in [-0.05, 0) is 30.7 Å². The van der Waals surface area contributed by atoms with Crippen LogP contribution in [-0.2, 0) is 11.3 Å². The van der Waals surface area contributed by atoms with Gasteiger partial charge in [-0.3, -0.25) is 4.79 Å². The highest BCUT2D eigenvalue weighted by molar-refractivity contribution is 9.10. The molecule has 3 nitrogen and oxygen atoms in total. The fourth-order valence-electron chi connectivity index (χ4n) is 1.71. The van der Waals surface area contributed by atoms with E-state index in [1.165, 1.54) is 0 Å². The van der Waals surface area contributed by atoms with E-state index in [0.29, 0.717) is 23.7 Å². The molecule has 2 rings (SSSR count). The van der Waals surface area contributed by atoms with E-state index in [1.807, 2.05) is 19.1 Å². The maximum atomic E-state index is 12.3. The van der Waals surface area contributed by atoms with E-state index in [-0.39, 0.29) is 5.78 Å². The van der Waals surface area contributed by atoms with Crippen LogP contribution < -0.4 is 0 Å². The Hall–Kier alpha value is -1.39. The summed E-state index contributed by atoms with van der Waals surface area (Å²) in [5, 5.41) is 0. The van der Waals surface area contributed by atoms with Crippen LogP contribution in [0, 0.1) is 6.92 Å². The van der Waals surface area contributed by atoms with Crippen LogP contribution in [0.4, 0.5) is 0 Å². The predicted octanol–water partition coefficient (Wildman–Crippen LogP) is 3.73. The fourth-order valence-corrected chi connectivity index (χ4v) is 2.07. The van der Waals surface area contributed by atoms with E-state index in [9.17, 15) is 4.79 Å². The highest BCUT2D eigenvalue weighted by Gasteiger charge is 2.16. The van der Waals surface area contributed by atoms with Crippen molar-refractivity contribution in [3.05, 3.63) is 57.5 Å². The molecule has 1 heterocycles. The lowest BCUT2D eigenvalue weighted by molar-refractivity contribution is 0.0999. The summed E-state index contributed by atoms with van der Waals surface area (Å²) in [6.45, 7) is 2.26. The van der Waals surface area contributed by atoms with Gasteiger partial charge >= 0.3 is 0 Å². The summed E-state index contributed by atoms with van der Waals surface area (Å²) in [6.07, 6.45) is 0. The second-order valence-electron chi connectivity index (χ2n) is 3.94. The maximum Gasteiger partial charge on any atom is 0.228 e. The summed E-state index contributed by atoms with van der Waals surface area (Å²) < 4.78 is 11.3. The molecule has 94 valence electrons. The molecule has 1 aromatic heterocycles. The van der Waals surface area contributed by atoms with Crippen LogP contribution in [0.2, 0.25) is 0 Å². The standard InChI is InChI=1S/C14H13BrO3/c1-9-11(4-3-5-12(9)15)14(16)13-7-6-10(18-13)8-17-2/h3-7H,8H2,1-2H3. The molecule has 0 N–H and O–H groups in total. The molecule has 0 saturated heterocycles. The number of hydrogen-bond donors (Lipinski definition) is 0. The molecular formula is C14H13BrO3. The molecule has 4 heteroatoms. The molecule has 0 bridgehead atoms. The van der Waals surface area contributed by atoms with Gasteiger partial charge in [-0.25, -0.2) is 0 Å². The van der Waals surface area contributed by atoms with Gasteiger partial charge in [-0.2, -0.15) is 0 Å². The molecule has 2 aromatic rings. The summed E-state index contributed by atoms with van der Waals surface area (Å²) >= 11 is 3.41. The largest absolute Gasteiger partial charge is 0.455 e. The molecular weight excluding hydrogens is 296 g/mol. The number of hydrogen-bond acceptors (Lipinski definition) is 3. The number of carbonyl (C=O) groups excluding carboxylic acids is 1. The second-order valence-corrected chi connectivity index (χ2v) is 4.79. The van der Waals surface area contributed by atoms with Gasteiger partial charge in [0.25, 0.3) is 0 Å². The molecule has 1 aromatic carbocycles. The molecule has 0 atom stereocenters. The highest BCUT2D eigenvalue weighted by atomic mass is 79.9. The lowest BCUT2D eigenvalue weighted by atomic mass is 10.0. The topological polar surface area (TPSA) is 39.4 Å². The number of benzene rings is 1. The molecule has 0 amide bonds. The maximum absolute atomic E-state index is 12.3. The SMILES string of the molecule is COCc1ccc(C(=O)c2cccc(Br)c2C)o1. The van der Waals surface area contributed by atoms with Gasteiger partial charge in [0, 0.05) is 17.1 Å². The third-order valence-corrected chi connectivity index (χ3v) is 3.54. The fraction of sp³-hybridized carbons (Fsp3) is 0.214. The van der Waals surface area contributed by atoms with E-state index in [4.69, 9.17) is 9.15 Å². The number of ketones is 1. The third kappa shape index (κ3) is 2.54. The van der Waals surface area contributed by atoms with Gasteiger partial charge in [0.2, 0.25) is 5.78 Å². The van der Waals surface area contributed by atoms with Crippen LogP contribution in [0.25, 0.3) is 0 Å². The van der Waals surface area contributed by atoms with Crippen LogP contribution in [-0.4, -0.2) is 12.9 Å². The van der Waals surface area contributed by atoms with Gasteiger partial charge in [0.1, 0.15) is 12.4 Å². The van der Waals surface area contributed by atoms with E-state index in [1.54, 1.807) is 25.3 Å². The summed E-state index contributed by atoms with van der Waals surface area (Å²) in [5.41, 5.74) is 1.55. The zero-order chi connectivity index (χ0) is 13.1. The number of halogens is 1. The van der Waals surface area contributed by atoms with Crippen molar-refractivity contribution >= 4 is 21.7 Å². The van der Waals surface area contributed by atoms with Crippen LogP contribution in [0.5, 0.6) is 0 Å². The first-order valence-corrected chi connectivity index (χ1v) is 6.30. The number of methoxy groups -OCH3 is 1. The van der Waals surface area contributed by atoms with Gasteiger partial charge < -0.3 is 9.15 Å². The van der Waals surface area contributed by atoms with Crippen molar-refractivity contribution in [2.75, 3.05) is 7.11 Å². The molecule has 18 heavy (non-hydrogen) atoms. The molecule has 0 saturated carbocycles. The Morgan fingerprint density at radius 2 is 2.11 bits per heavy atom. The molecule has 0 aliphatic rings. The summed E-state index contributed by atoms with van der Waals surface area (Å²) in [6, 6.07) is 8.97. The average Bonchev–Trinajstić information content (AvgIpc) is 2.81. The first-order chi connectivity index (χ1) is 8.63. The van der Waals surface area contributed by atoms with Crippen LogP contribution >= 0.6 is 15.9 Å². The zero-order valence-corrected chi connectivity index (χ0v) is 11.8. The summed E-state index contributed by atoms with van der Waals surface area (Å²) in [7, 11) is 1.59. The van der Waals surface area contributed by atoms with Crippen LogP contribution in [0.1, 0.15) is 27.4 Å². The minimum atomic E-state index is -0.115. The van der Waals surface area contributed by atoms with Crippen molar-refractivity contribution in [1.29, 1.82) is 0 Å². The second kappa shape index (κ2) is 5.50. The van der Waals surface area contributed by atoms with Gasteiger partial charge in [0.05, 0.1) is 0 Å². The Balaban J connectivity index is 2.32. The highest BCUT2D eigenvalue weighted by Crippen LogP contribution is 2.22.